The third-order valence-electron chi connectivity index (χ3n) is 2.68. The van der Waals surface area contributed by atoms with Crippen molar-refractivity contribution in [2.75, 3.05) is 32.2 Å². The zero-order valence-corrected chi connectivity index (χ0v) is 10.2. The number of imide groups is 1. The molecule has 0 aliphatic carbocycles. The quantitative estimate of drug-likeness (QED) is 0.774. The molecule has 0 radical (unpaired) electrons. The molecule has 1 saturated heterocycles. The second-order valence-corrected chi connectivity index (χ2v) is 3.76. The number of rotatable bonds is 3. The Morgan fingerprint density at radius 3 is 2.33 bits per heavy atom. The Hall–Kier alpha value is -2.08. The number of hydrogen-bond acceptors (Lipinski definition) is 5. The van der Waals surface area contributed by atoms with Gasteiger partial charge in [0.2, 0.25) is 11.8 Å². The number of methoxy groups -OCH3 is 2. The first-order valence-corrected chi connectivity index (χ1v) is 5.46. The van der Waals surface area contributed by atoms with Crippen molar-refractivity contribution < 1.29 is 19.1 Å². The molecular formula is C12H14N2O4. The van der Waals surface area contributed by atoms with Crippen molar-refractivity contribution >= 4 is 17.5 Å². The summed E-state index contributed by atoms with van der Waals surface area (Å²) < 4.78 is 10.3. The average molecular weight is 250 g/mol. The van der Waals surface area contributed by atoms with E-state index < -0.39 is 0 Å². The number of amides is 2. The van der Waals surface area contributed by atoms with Crippen molar-refractivity contribution in [1.82, 2.24) is 5.32 Å². The molecule has 1 heterocycles. The van der Waals surface area contributed by atoms with Gasteiger partial charge < -0.3 is 9.47 Å². The molecule has 2 rings (SSSR count). The summed E-state index contributed by atoms with van der Waals surface area (Å²) in [6.45, 7) is 0.280. The van der Waals surface area contributed by atoms with Crippen LogP contribution in [0.3, 0.4) is 0 Å². The van der Waals surface area contributed by atoms with Crippen molar-refractivity contribution in [3.05, 3.63) is 18.2 Å². The van der Waals surface area contributed by atoms with Gasteiger partial charge in [0.05, 0.1) is 33.0 Å². The number of hydrogen-bond donors (Lipinski definition) is 1. The molecule has 2 amide bonds. The maximum Gasteiger partial charge on any atom is 0.247 e. The van der Waals surface area contributed by atoms with Gasteiger partial charge in [0.25, 0.3) is 0 Å². The Bertz CT molecular complexity index is 471. The molecule has 0 unspecified atom stereocenters. The summed E-state index contributed by atoms with van der Waals surface area (Å²) in [5, 5.41) is 2.74. The number of piperazine rings is 1. The van der Waals surface area contributed by atoms with Gasteiger partial charge in [0, 0.05) is 6.07 Å². The summed E-state index contributed by atoms with van der Waals surface area (Å²) >= 11 is 0. The van der Waals surface area contributed by atoms with Crippen molar-refractivity contribution in [3.63, 3.8) is 0 Å². The number of nitrogens with one attached hydrogen (secondary N) is 1. The molecule has 1 aliphatic rings. The normalized spacial score (nSPS) is 15.8. The second kappa shape index (κ2) is 5.05. The number of carbonyl (C=O) groups is 2. The fourth-order valence-corrected chi connectivity index (χ4v) is 1.81. The van der Waals surface area contributed by atoms with E-state index in [-0.39, 0.29) is 24.9 Å². The minimum atomic E-state index is -0.297. The van der Waals surface area contributed by atoms with Crippen LogP contribution >= 0.6 is 0 Å². The van der Waals surface area contributed by atoms with Crippen LogP contribution in [0, 0.1) is 0 Å². The lowest BCUT2D eigenvalue weighted by molar-refractivity contribution is -0.127. The molecule has 1 N–H and O–H groups in total. The van der Waals surface area contributed by atoms with Gasteiger partial charge in [0.15, 0.2) is 0 Å². The summed E-state index contributed by atoms with van der Waals surface area (Å²) in [5.74, 6) is 0.438. The van der Waals surface area contributed by atoms with Gasteiger partial charge in [0.1, 0.15) is 11.5 Å². The number of ether oxygens (including phenoxy) is 2. The van der Waals surface area contributed by atoms with Gasteiger partial charge in [-0.1, -0.05) is 0 Å². The predicted octanol–water partition coefficient (Wildman–Crippen LogP) is 0.167. The molecule has 96 valence electrons. The van der Waals surface area contributed by atoms with Crippen LogP contribution < -0.4 is 19.7 Å². The van der Waals surface area contributed by atoms with Crippen molar-refractivity contribution in [2.45, 2.75) is 0 Å². The molecule has 1 fully saturated rings. The minimum absolute atomic E-state index is 0.140. The highest BCUT2D eigenvalue weighted by Crippen LogP contribution is 2.32. The Morgan fingerprint density at radius 2 is 1.78 bits per heavy atom. The summed E-state index contributed by atoms with van der Waals surface area (Å²) in [7, 11) is 3.02. The summed E-state index contributed by atoms with van der Waals surface area (Å²) in [6, 6.07) is 4.96. The predicted molar refractivity (Wildman–Crippen MR) is 64.9 cm³/mol. The van der Waals surface area contributed by atoms with E-state index in [1.807, 2.05) is 0 Å². The monoisotopic (exact) mass is 250 g/mol. The first kappa shape index (κ1) is 12.4. The Balaban J connectivity index is 2.42. The van der Waals surface area contributed by atoms with E-state index in [1.165, 1.54) is 14.2 Å². The summed E-state index contributed by atoms with van der Waals surface area (Å²) in [6.07, 6.45) is 0. The topological polar surface area (TPSA) is 67.9 Å². The Labute approximate surface area is 104 Å². The van der Waals surface area contributed by atoms with Crippen LogP contribution in [-0.2, 0) is 9.59 Å². The highest BCUT2D eigenvalue weighted by atomic mass is 16.5. The number of benzene rings is 1. The lowest BCUT2D eigenvalue weighted by Crippen LogP contribution is -2.52. The number of anilines is 1. The second-order valence-electron chi connectivity index (χ2n) is 3.76. The van der Waals surface area contributed by atoms with Gasteiger partial charge in [-0.3, -0.25) is 14.9 Å². The average Bonchev–Trinajstić information content (AvgIpc) is 2.38. The fourth-order valence-electron chi connectivity index (χ4n) is 1.81. The standard InChI is InChI=1S/C12H14N2O4/c1-17-8-3-4-9(10(5-8)18-2)14-11(15)6-13-7-12(14)16/h3-5,13H,6-7H2,1-2H3. The lowest BCUT2D eigenvalue weighted by atomic mass is 10.2. The molecule has 18 heavy (non-hydrogen) atoms. The van der Waals surface area contributed by atoms with Gasteiger partial charge in [-0.25, -0.2) is 4.90 Å². The first-order chi connectivity index (χ1) is 8.67. The van der Waals surface area contributed by atoms with Crippen LogP contribution in [0.1, 0.15) is 0 Å². The van der Waals surface area contributed by atoms with Gasteiger partial charge in [-0.05, 0) is 12.1 Å². The highest BCUT2D eigenvalue weighted by molar-refractivity contribution is 6.18. The molecule has 6 heteroatoms. The van der Waals surface area contributed by atoms with Crippen LogP contribution in [-0.4, -0.2) is 39.1 Å². The highest BCUT2D eigenvalue weighted by Gasteiger charge is 2.29. The van der Waals surface area contributed by atoms with E-state index in [4.69, 9.17) is 9.47 Å². The van der Waals surface area contributed by atoms with Crippen LogP contribution in [0.4, 0.5) is 5.69 Å². The largest absolute Gasteiger partial charge is 0.497 e. The molecule has 0 atom stereocenters. The van der Waals surface area contributed by atoms with Crippen molar-refractivity contribution in [3.8, 4) is 11.5 Å². The molecule has 0 saturated carbocycles. The SMILES string of the molecule is COc1ccc(N2C(=O)CNCC2=O)c(OC)c1. The fraction of sp³-hybridized carbons (Fsp3) is 0.333. The van der Waals surface area contributed by atoms with E-state index in [0.717, 1.165) is 4.90 Å². The zero-order valence-electron chi connectivity index (χ0n) is 10.2. The Morgan fingerprint density at radius 1 is 1.11 bits per heavy atom. The van der Waals surface area contributed by atoms with Crippen molar-refractivity contribution in [1.29, 1.82) is 0 Å². The molecule has 0 spiro atoms. The Kier molecular flexibility index (Phi) is 3.47. The van der Waals surface area contributed by atoms with Gasteiger partial charge in [-0.15, -0.1) is 0 Å². The summed E-state index contributed by atoms with van der Waals surface area (Å²) in [5.41, 5.74) is 0.440. The van der Waals surface area contributed by atoms with Crippen LogP contribution in [0.25, 0.3) is 0 Å². The van der Waals surface area contributed by atoms with Crippen molar-refractivity contribution in [2.24, 2.45) is 0 Å². The van der Waals surface area contributed by atoms with Gasteiger partial charge in [-0.2, -0.15) is 0 Å². The zero-order chi connectivity index (χ0) is 13.1. The first-order valence-electron chi connectivity index (χ1n) is 5.46. The van der Waals surface area contributed by atoms with Gasteiger partial charge >= 0.3 is 0 Å². The van der Waals surface area contributed by atoms with Crippen LogP contribution in [0.5, 0.6) is 11.5 Å². The van der Waals surface area contributed by atoms with E-state index in [9.17, 15) is 9.59 Å². The number of nitrogens with zero attached hydrogens (tertiary/aromatic N) is 1. The van der Waals surface area contributed by atoms with E-state index in [1.54, 1.807) is 18.2 Å². The lowest BCUT2D eigenvalue weighted by Gasteiger charge is -2.26. The van der Waals surface area contributed by atoms with Crippen LogP contribution in [0.15, 0.2) is 18.2 Å². The van der Waals surface area contributed by atoms with E-state index in [2.05, 4.69) is 5.32 Å². The maximum atomic E-state index is 11.8. The third kappa shape index (κ3) is 2.14. The summed E-state index contributed by atoms with van der Waals surface area (Å²) in [4.78, 5) is 24.7. The molecule has 6 nitrogen and oxygen atoms in total. The minimum Gasteiger partial charge on any atom is -0.497 e. The molecule has 0 aromatic heterocycles. The molecule has 0 bridgehead atoms. The van der Waals surface area contributed by atoms with E-state index in [0.29, 0.717) is 17.2 Å². The maximum absolute atomic E-state index is 11.8. The van der Waals surface area contributed by atoms with E-state index >= 15 is 0 Å². The molecule has 1 aromatic rings. The number of carbonyl (C=O) groups excluding carboxylic acids is 2. The molecule has 1 aliphatic heterocycles. The molecular weight excluding hydrogens is 236 g/mol. The molecule has 1 aromatic carbocycles. The smallest absolute Gasteiger partial charge is 0.247 e. The third-order valence-corrected chi connectivity index (χ3v) is 2.68. The van der Waals surface area contributed by atoms with Crippen LogP contribution in [0.2, 0.25) is 0 Å².